The molecular weight excluding hydrogens is 342 g/mol. The SMILES string of the molecule is CCn1cnc(S(=O)(=O)Nc2ccc(CCBr)cc2)c1. The summed E-state index contributed by atoms with van der Waals surface area (Å²) in [5.41, 5.74) is 1.69. The number of nitrogens with zero attached hydrogens (tertiary/aromatic N) is 2. The minimum atomic E-state index is -3.62. The number of rotatable bonds is 6. The molecule has 0 amide bonds. The molecule has 1 aromatic heterocycles. The predicted octanol–water partition coefficient (Wildman–Crippen LogP) is 2.64. The van der Waals surface area contributed by atoms with Gasteiger partial charge in [0.1, 0.15) is 0 Å². The summed E-state index contributed by atoms with van der Waals surface area (Å²) in [5.74, 6) is 0. The van der Waals surface area contributed by atoms with Crippen molar-refractivity contribution in [3.63, 3.8) is 0 Å². The number of nitrogens with one attached hydrogen (secondary N) is 1. The minimum absolute atomic E-state index is 0.0314. The first kappa shape index (κ1) is 15.1. The van der Waals surface area contributed by atoms with Gasteiger partial charge in [-0.3, -0.25) is 4.72 Å². The summed E-state index contributed by atoms with van der Waals surface area (Å²) in [6.45, 7) is 2.61. The Kier molecular flexibility index (Phi) is 4.82. The molecule has 2 aromatic rings. The fraction of sp³-hybridized carbons (Fsp3) is 0.308. The van der Waals surface area contributed by atoms with E-state index in [1.165, 1.54) is 12.5 Å². The molecule has 5 nitrogen and oxygen atoms in total. The predicted molar refractivity (Wildman–Crippen MR) is 82.6 cm³/mol. The maximum atomic E-state index is 12.1. The third-order valence-corrected chi connectivity index (χ3v) is 4.50. The van der Waals surface area contributed by atoms with Crippen molar-refractivity contribution in [2.45, 2.75) is 24.9 Å². The van der Waals surface area contributed by atoms with E-state index in [0.29, 0.717) is 12.2 Å². The van der Waals surface area contributed by atoms with Gasteiger partial charge in [0.25, 0.3) is 10.0 Å². The van der Waals surface area contributed by atoms with Crippen LogP contribution < -0.4 is 4.72 Å². The Morgan fingerprint density at radius 2 is 2.00 bits per heavy atom. The molecule has 0 radical (unpaired) electrons. The van der Waals surface area contributed by atoms with Crippen LogP contribution in [0.15, 0.2) is 41.8 Å². The van der Waals surface area contributed by atoms with E-state index in [1.807, 2.05) is 19.1 Å². The van der Waals surface area contributed by atoms with Crippen LogP contribution in [0.1, 0.15) is 12.5 Å². The van der Waals surface area contributed by atoms with Gasteiger partial charge in [0.2, 0.25) is 0 Å². The van der Waals surface area contributed by atoms with E-state index < -0.39 is 10.0 Å². The molecule has 20 heavy (non-hydrogen) atoms. The number of anilines is 1. The standard InChI is InChI=1S/C13H16BrN3O2S/c1-2-17-9-13(15-10-17)20(18,19)16-12-5-3-11(4-6-12)7-8-14/h3-6,9-10,16H,2,7-8H2,1H3. The van der Waals surface area contributed by atoms with Crippen molar-refractivity contribution in [3.8, 4) is 0 Å². The van der Waals surface area contributed by atoms with Crippen molar-refractivity contribution in [3.05, 3.63) is 42.4 Å². The first-order valence-corrected chi connectivity index (χ1v) is 8.85. The van der Waals surface area contributed by atoms with Crippen molar-refractivity contribution >= 4 is 31.6 Å². The maximum absolute atomic E-state index is 12.1. The lowest BCUT2D eigenvalue weighted by molar-refractivity contribution is 0.598. The highest BCUT2D eigenvalue weighted by Crippen LogP contribution is 2.16. The number of hydrogen-bond donors (Lipinski definition) is 1. The molecule has 1 heterocycles. The molecule has 0 unspecified atom stereocenters. The van der Waals surface area contributed by atoms with Crippen LogP contribution in [0.4, 0.5) is 5.69 Å². The summed E-state index contributed by atoms with van der Waals surface area (Å²) >= 11 is 3.37. The van der Waals surface area contributed by atoms with Gasteiger partial charge in [0.05, 0.1) is 6.33 Å². The van der Waals surface area contributed by atoms with Crippen LogP contribution in [-0.4, -0.2) is 23.3 Å². The molecule has 0 aliphatic rings. The van der Waals surface area contributed by atoms with Crippen LogP contribution in [0, 0.1) is 0 Å². The van der Waals surface area contributed by atoms with Crippen molar-refractivity contribution in [1.82, 2.24) is 9.55 Å². The van der Waals surface area contributed by atoms with Gasteiger partial charge in [0.15, 0.2) is 5.03 Å². The molecule has 0 saturated carbocycles. The molecule has 0 bridgehead atoms. The molecule has 0 fully saturated rings. The van der Waals surface area contributed by atoms with E-state index in [4.69, 9.17) is 0 Å². The molecule has 1 N–H and O–H groups in total. The van der Waals surface area contributed by atoms with Crippen molar-refractivity contribution < 1.29 is 8.42 Å². The van der Waals surface area contributed by atoms with Gasteiger partial charge in [0, 0.05) is 23.8 Å². The molecule has 0 aliphatic heterocycles. The van der Waals surface area contributed by atoms with Crippen molar-refractivity contribution in [2.24, 2.45) is 0 Å². The molecular formula is C13H16BrN3O2S. The summed E-state index contributed by atoms with van der Waals surface area (Å²) in [6, 6.07) is 7.33. The Morgan fingerprint density at radius 1 is 1.30 bits per heavy atom. The monoisotopic (exact) mass is 357 g/mol. The third-order valence-electron chi connectivity index (χ3n) is 2.84. The molecule has 2 rings (SSSR count). The Morgan fingerprint density at radius 3 is 2.55 bits per heavy atom. The second-order valence-electron chi connectivity index (χ2n) is 4.28. The van der Waals surface area contributed by atoms with E-state index in [2.05, 4.69) is 25.6 Å². The van der Waals surface area contributed by atoms with Gasteiger partial charge in [-0.05, 0) is 31.0 Å². The van der Waals surface area contributed by atoms with Crippen LogP contribution in [0.3, 0.4) is 0 Å². The zero-order valence-corrected chi connectivity index (χ0v) is 13.5. The highest BCUT2D eigenvalue weighted by Gasteiger charge is 2.17. The highest BCUT2D eigenvalue weighted by molar-refractivity contribution is 9.09. The smallest absolute Gasteiger partial charge is 0.280 e. The van der Waals surface area contributed by atoms with E-state index >= 15 is 0 Å². The number of aryl methyl sites for hydroxylation is 2. The molecule has 1 aromatic carbocycles. The fourth-order valence-electron chi connectivity index (χ4n) is 1.71. The minimum Gasteiger partial charge on any atom is -0.336 e. The molecule has 0 spiro atoms. The molecule has 0 atom stereocenters. The van der Waals surface area contributed by atoms with E-state index in [1.54, 1.807) is 16.7 Å². The van der Waals surface area contributed by atoms with Crippen LogP contribution in [-0.2, 0) is 23.0 Å². The lowest BCUT2D eigenvalue weighted by atomic mass is 10.2. The van der Waals surface area contributed by atoms with Crippen LogP contribution in [0.5, 0.6) is 0 Å². The second kappa shape index (κ2) is 6.41. The van der Waals surface area contributed by atoms with Gasteiger partial charge >= 0.3 is 0 Å². The van der Waals surface area contributed by atoms with Crippen LogP contribution in [0.25, 0.3) is 0 Å². The van der Waals surface area contributed by atoms with Crippen LogP contribution >= 0.6 is 15.9 Å². The lowest BCUT2D eigenvalue weighted by Gasteiger charge is -2.06. The summed E-state index contributed by atoms with van der Waals surface area (Å²) < 4.78 is 28.5. The largest absolute Gasteiger partial charge is 0.336 e. The number of halogens is 1. The second-order valence-corrected chi connectivity index (χ2v) is 6.71. The van der Waals surface area contributed by atoms with Gasteiger partial charge in [-0.1, -0.05) is 28.1 Å². The zero-order valence-electron chi connectivity index (χ0n) is 11.1. The average Bonchev–Trinajstić information content (AvgIpc) is 2.91. The molecule has 0 aliphatic carbocycles. The third kappa shape index (κ3) is 3.61. The summed E-state index contributed by atoms with van der Waals surface area (Å²) in [4.78, 5) is 3.91. The number of alkyl halides is 1. The topological polar surface area (TPSA) is 64.0 Å². The molecule has 7 heteroatoms. The first-order valence-electron chi connectivity index (χ1n) is 6.24. The summed E-state index contributed by atoms with van der Waals surface area (Å²) in [5, 5.41) is 0.913. The van der Waals surface area contributed by atoms with E-state index in [-0.39, 0.29) is 5.03 Å². The molecule has 108 valence electrons. The zero-order chi connectivity index (χ0) is 14.6. The Hall–Kier alpha value is -1.34. The number of imidazole rings is 1. The molecule has 0 saturated heterocycles. The van der Waals surface area contributed by atoms with E-state index in [0.717, 1.165) is 17.3 Å². The van der Waals surface area contributed by atoms with Gasteiger partial charge in [-0.15, -0.1) is 0 Å². The lowest BCUT2D eigenvalue weighted by Crippen LogP contribution is -2.13. The Balaban J connectivity index is 2.15. The van der Waals surface area contributed by atoms with Gasteiger partial charge in [-0.2, -0.15) is 8.42 Å². The van der Waals surface area contributed by atoms with Gasteiger partial charge in [-0.25, -0.2) is 4.98 Å². The number of sulfonamides is 1. The number of benzene rings is 1. The number of aromatic nitrogens is 2. The van der Waals surface area contributed by atoms with Crippen molar-refractivity contribution in [1.29, 1.82) is 0 Å². The summed E-state index contributed by atoms with van der Waals surface area (Å²) in [6.07, 6.45) is 3.93. The quantitative estimate of drug-likeness (QED) is 0.808. The van der Waals surface area contributed by atoms with Gasteiger partial charge < -0.3 is 4.57 Å². The normalized spacial score (nSPS) is 11.5. The first-order chi connectivity index (χ1) is 9.55. The van der Waals surface area contributed by atoms with Crippen LogP contribution in [0.2, 0.25) is 0 Å². The Bertz CT molecular complexity index is 665. The summed E-state index contributed by atoms with van der Waals surface area (Å²) in [7, 11) is -3.62. The maximum Gasteiger partial charge on any atom is 0.280 e. The van der Waals surface area contributed by atoms with E-state index in [9.17, 15) is 8.42 Å². The fourth-order valence-corrected chi connectivity index (χ4v) is 3.18. The highest BCUT2D eigenvalue weighted by atomic mass is 79.9. The number of hydrogen-bond acceptors (Lipinski definition) is 3. The average molecular weight is 358 g/mol. The van der Waals surface area contributed by atoms with Crippen molar-refractivity contribution in [2.75, 3.05) is 10.1 Å². The Labute approximate surface area is 127 Å².